The van der Waals surface area contributed by atoms with Gasteiger partial charge in [0, 0.05) is 31.1 Å². The smallest absolute Gasteiger partial charge is 0.224 e. The molecule has 2 heterocycles. The fraction of sp³-hybridized carbons (Fsp3) is 0.500. The molecule has 148 valence electrons. The molecule has 1 saturated heterocycles. The van der Waals surface area contributed by atoms with E-state index in [9.17, 15) is 4.79 Å². The highest BCUT2D eigenvalue weighted by Crippen LogP contribution is 2.26. The summed E-state index contributed by atoms with van der Waals surface area (Å²) < 4.78 is 5.81. The maximum Gasteiger partial charge on any atom is 0.224 e. The van der Waals surface area contributed by atoms with Crippen LogP contribution in [0.4, 0.5) is 5.82 Å². The maximum absolute atomic E-state index is 12.6. The topological polar surface area (TPSA) is 67.4 Å². The number of amides is 1. The second kappa shape index (κ2) is 9.04. The van der Waals surface area contributed by atoms with E-state index in [-0.39, 0.29) is 11.8 Å². The van der Waals surface area contributed by atoms with Crippen LogP contribution in [0.15, 0.2) is 42.7 Å². The monoisotopic (exact) mass is 380 g/mol. The Hall–Kier alpha value is -2.63. The lowest BCUT2D eigenvalue weighted by atomic mass is 9.92. The number of carbonyl (C=O) groups excluding carboxylic acids is 1. The molecular formula is C22H28N4O2. The molecule has 6 heteroatoms. The van der Waals surface area contributed by atoms with Gasteiger partial charge in [-0.15, -0.1) is 0 Å². The standard InChI is InChI=1S/C22H28N4O2/c27-22(25-18-7-3-1-4-8-18)17-11-13-26(14-12-17)20-15-21(24-16-23-20)28-19-9-5-2-6-10-19/h2,5-6,9-10,15-18H,1,3-4,7-8,11-14H2,(H,25,27). The van der Waals surface area contributed by atoms with Gasteiger partial charge >= 0.3 is 0 Å². The molecule has 1 amide bonds. The molecule has 2 aromatic rings. The van der Waals surface area contributed by atoms with Crippen LogP contribution in [0, 0.1) is 5.92 Å². The van der Waals surface area contributed by atoms with Crippen LogP contribution in [0.25, 0.3) is 0 Å². The van der Waals surface area contributed by atoms with Crippen molar-refractivity contribution in [2.75, 3.05) is 18.0 Å². The summed E-state index contributed by atoms with van der Waals surface area (Å²) in [5.74, 6) is 2.49. The number of nitrogens with one attached hydrogen (secondary N) is 1. The second-order valence-corrected chi connectivity index (χ2v) is 7.73. The number of rotatable bonds is 5. The van der Waals surface area contributed by atoms with Crippen molar-refractivity contribution in [1.82, 2.24) is 15.3 Å². The largest absolute Gasteiger partial charge is 0.439 e. The fourth-order valence-corrected chi connectivity index (χ4v) is 4.10. The van der Waals surface area contributed by atoms with Crippen molar-refractivity contribution < 1.29 is 9.53 Å². The molecule has 0 unspecified atom stereocenters. The van der Waals surface area contributed by atoms with Crippen molar-refractivity contribution in [3.63, 3.8) is 0 Å². The van der Waals surface area contributed by atoms with Gasteiger partial charge in [-0.1, -0.05) is 37.5 Å². The molecule has 0 spiro atoms. The lowest BCUT2D eigenvalue weighted by molar-refractivity contribution is -0.126. The Morgan fingerprint density at radius 3 is 2.50 bits per heavy atom. The number of hydrogen-bond acceptors (Lipinski definition) is 5. The molecule has 28 heavy (non-hydrogen) atoms. The third-order valence-electron chi connectivity index (χ3n) is 5.73. The quantitative estimate of drug-likeness (QED) is 0.851. The first-order valence-electron chi connectivity index (χ1n) is 10.4. The first kappa shape index (κ1) is 18.7. The minimum absolute atomic E-state index is 0.111. The van der Waals surface area contributed by atoms with E-state index in [0.717, 1.165) is 50.3 Å². The number of nitrogens with zero attached hydrogens (tertiary/aromatic N) is 3. The number of ether oxygens (including phenoxy) is 1. The van der Waals surface area contributed by atoms with Crippen LogP contribution in [-0.4, -0.2) is 35.0 Å². The lowest BCUT2D eigenvalue weighted by Gasteiger charge is -2.33. The van der Waals surface area contributed by atoms with E-state index in [0.29, 0.717) is 11.9 Å². The Kier molecular flexibility index (Phi) is 6.04. The third-order valence-corrected chi connectivity index (χ3v) is 5.73. The van der Waals surface area contributed by atoms with Crippen LogP contribution in [0.3, 0.4) is 0 Å². The Labute approximate surface area is 166 Å². The van der Waals surface area contributed by atoms with Gasteiger partial charge in [-0.3, -0.25) is 4.79 Å². The predicted molar refractivity (Wildman–Crippen MR) is 109 cm³/mol. The third kappa shape index (κ3) is 4.80. The highest BCUT2D eigenvalue weighted by Gasteiger charge is 2.27. The number of hydrogen-bond donors (Lipinski definition) is 1. The molecule has 0 atom stereocenters. The summed E-state index contributed by atoms with van der Waals surface area (Å²) in [6.45, 7) is 1.65. The van der Waals surface area contributed by atoms with Gasteiger partial charge in [0.25, 0.3) is 0 Å². The van der Waals surface area contributed by atoms with Gasteiger partial charge < -0.3 is 15.0 Å². The van der Waals surface area contributed by atoms with Crippen molar-refractivity contribution in [1.29, 1.82) is 0 Å². The zero-order valence-electron chi connectivity index (χ0n) is 16.2. The minimum Gasteiger partial charge on any atom is -0.439 e. The minimum atomic E-state index is 0.111. The Balaban J connectivity index is 1.31. The first-order chi connectivity index (χ1) is 13.8. The van der Waals surface area contributed by atoms with E-state index in [1.807, 2.05) is 36.4 Å². The van der Waals surface area contributed by atoms with Crippen LogP contribution in [0.5, 0.6) is 11.6 Å². The van der Waals surface area contributed by atoms with Crippen molar-refractivity contribution in [3.8, 4) is 11.6 Å². The summed E-state index contributed by atoms with van der Waals surface area (Å²) >= 11 is 0. The Morgan fingerprint density at radius 1 is 1.00 bits per heavy atom. The summed E-state index contributed by atoms with van der Waals surface area (Å²) in [4.78, 5) is 23.4. The summed E-state index contributed by atoms with van der Waals surface area (Å²) in [6, 6.07) is 11.9. The second-order valence-electron chi connectivity index (χ2n) is 7.73. The van der Waals surface area contributed by atoms with Gasteiger partial charge in [0.1, 0.15) is 17.9 Å². The number of para-hydroxylation sites is 1. The molecule has 1 aromatic carbocycles. The lowest BCUT2D eigenvalue weighted by Crippen LogP contribution is -2.44. The van der Waals surface area contributed by atoms with E-state index < -0.39 is 0 Å². The number of carbonyl (C=O) groups is 1. The zero-order valence-corrected chi connectivity index (χ0v) is 16.2. The van der Waals surface area contributed by atoms with Crippen LogP contribution < -0.4 is 15.0 Å². The van der Waals surface area contributed by atoms with Gasteiger partial charge in [-0.05, 0) is 37.8 Å². The molecule has 1 aliphatic heterocycles. The van der Waals surface area contributed by atoms with Crippen LogP contribution in [0.1, 0.15) is 44.9 Å². The van der Waals surface area contributed by atoms with Crippen LogP contribution >= 0.6 is 0 Å². The highest BCUT2D eigenvalue weighted by atomic mass is 16.5. The van der Waals surface area contributed by atoms with E-state index in [1.165, 1.54) is 25.6 Å². The SMILES string of the molecule is O=C(NC1CCCCC1)C1CCN(c2cc(Oc3ccccc3)ncn2)CC1. The van der Waals surface area contributed by atoms with Crippen molar-refractivity contribution in [2.45, 2.75) is 51.0 Å². The molecular weight excluding hydrogens is 352 g/mol. The summed E-state index contributed by atoms with van der Waals surface area (Å²) in [6.07, 6.45) is 9.31. The molecule has 2 fully saturated rings. The van der Waals surface area contributed by atoms with Crippen LogP contribution in [-0.2, 0) is 4.79 Å². The fourth-order valence-electron chi connectivity index (χ4n) is 4.10. The van der Waals surface area contributed by atoms with Gasteiger partial charge in [0.15, 0.2) is 0 Å². The number of aromatic nitrogens is 2. The molecule has 0 bridgehead atoms. The van der Waals surface area contributed by atoms with Gasteiger partial charge in [0.2, 0.25) is 11.8 Å². The van der Waals surface area contributed by atoms with E-state index >= 15 is 0 Å². The first-order valence-corrected chi connectivity index (χ1v) is 10.4. The normalized spacial score (nSPS) is 18.6. The maximum atomic E-state index is 12.6. The average molecular weight is 380 g/mol. The number of anilines is 1. The van der Waals surface area contributed by atoms with E-state index in [4.69, 9.17) is 4.74 Å². The molecule has 4 rings (SSSR count). The number of benzene rings is 1. The van der Waals surface area contributed by atoms with Crippen molar-refractivity contribution >= 4 is 11.7 Å². The molecule has 6 nitrogen and oxygen atoms in total. The average Bonchev–Trinajstić information content (AvgIpc) is 2.75. The van der Waals surface area contributed by atoms with E-state index in [1.54, 1.807) is 0 Å². The van der Waals surface area contributed by atoms with Gasteiger partial charge in [-0.25, -0.2) is 9.97 Å². The van der Waals surface area contributed by atoms with Crippen molar-refractivity contribution in [2.24, 2.45) is 5.92 Å². The molecule has 1 aliphatic carbocycles. The summed E-state index contributed by atoms with van der Waals surface area (Å²) in [5.41, 5.74) is 0. The van der Waals surface area contributed by atoms with Crippen molar-refractivity contribution in [3.05, 3.63) is 42.7 Å². The number of piperidine rings is 1. The molecule has 0 radical (unpaired) electrons. The summed E-state index contributed by atoms with van der Waals surface area (Å²) in [7, 11) is 0. The van der Waals surface area contributed by atoms with E-state index in [2.05, 4.69) is 20.2 Å². The molecule has 1 N–H and O–H groups in total. The molecule has 1 aromatic heterocycles. The zero-order chi connectivity index (χ0) is 19.2. The Morgan fingerprint density at radius 2 is 1.75 bits per heavy atom. The highest BCUT2D eigenvalue weighted by molar-refractivity contribution is 5.79. The summed E-state index contributed by atoms with van der Waals surface area (Å²) in [5, 5.41) is 3.28. The van der Waals surface area contributed by atoms with Gasteiger partial charge in [0.05, 0.1) is 0 Å². The molecule has 1 saturated carbocycles. The van der Waals surface area contributed by atoms with Gasteiger partial charge in [-0.2, -0.15) is 0 Å². The molecule has 2 aliphatic rings. The predicted octanol–water partition coefficient (Wildman–Crippen LogP) is 3.93. The Bertz CT molecular complexity index is 769. The van der Waals surface area contributed by atoms with Crippen LogP contribution in [0.2, 0.25) is 0 Å².